The van der Waals surface area contributed by atoms with Crippen LogP contribution in [0.3, 0.4) is 0 Å². The van der Waals surface area contributed by atoms with Gasteiger partial charge in [0.15, 0.2) is 0 Å². The van der Waals surface area contributed by atoms with Crippen molar-refractivity contribution in [3.8, 4) is 0 Å². The molecule has 14 atom stereocenters. The number of rotatable bonds is 5. The number of nitrogens with zero attached hydrogens (tertiary/aromatic N) is 1. The minimum absolute atomic E-state index is 0.557. The fourth-order valence-corrected chi connectivity index (χ4v) is 21.8. The topological polar surface area (TPSA) is 12.5 Å². The Balaban J connectivity index is 0.823. The molecule has 0 bridgehead atoms. The Morgan fingerprint density at radius 2 is 0.923 bits per heavy atom. The van der Waals surface area contributed by atoms with Gasteiger partial charge in [-0.1, -0.05) is 70.6 Å². The Labute approximate surface area is 328 Å². The minimum Gasteiger partial charge on any atom is -0.372 e. The maximum absolute atomic E-state index is 7.78. The fourth-order valence-electron chi connectivity index (χ4n) is 17.4. The molecule has 52 heavy (non-hydrogen) atoms. The predicted octanol–water partition coefficient (Wildman–Crippen LogP) is 12.7. The summed E-state index contributed by atoms with van der Waals surface area (Å²) in [6, 6.07) is 2.42. The van der Waals surface area contributed by atoms with E-state index in [1.54, 1.807) is 70.6 Å². The largest absolute Gasteiger partial charge is 0.372 e. The molecule has 2 nitrogen and oxygen atoms in total. The van der Waals surface area contributed by atoms with E-state index in [0.29, 0.717) is 12.2 Å². The third kappa shape index (κ3) is 6.39. The van der Waals surface area contributed by atoms with Crippen LogP contribution in [0.1, 0.15) is 186 Å². The molecule has 11 fully saturated rings. The van der Waals surface area contributed by atoms with Crippen LogP contribution in [0.4, 0.5) is 0 Å². The zero-order valence-electron chi connectivity index (χ0n) is 33.1. The Bertz CT molecular complexity index is 1200. The van der Waals surface area contributed by atoms with Crippen LogP contribution in [0.25, 0.3) is 0 Å². The van der Waals surface area contributed by atoms with Crippen molar-refractivity contribution in [1.29, 1.82) is 0 Å². The minimum atomic E-state index is 0.557. The molecule has 3 heterocycles. The van der Waals surface area contributed by atoms with Crippen LogP contribution in [0.15, 0.2) is 0 Å². The van der Waals surface area contributed by atoms with E-state index < -0.39 is 0 Å². The number of hydrogen-bond acceptors (Lipinski definition) is 4. The van der Waals surface area contributed by atoms with Gasteiger partial charge in [-0.2, -0.15) is 23.5 Å². The third-order valence-corrected chi connectivity index (χ3v) is 23.3. The summed E-state index contributed by atoms with van der Waals surface area (Å²) in [5.74, 6) is 10.0. The molecule has 4 heteroatoms. The molecule has 3 aliphatic heterocycles. The lowest BCUT2D eigenvalue weighted by Crippen LogP contribution is -2.58. The molecular weight excluding hydrogens is 671 g/mol. The molecule has 14 unspecified atom stereocenters. The number of thioether (sulfide) groups is 2. The average molecular weight is 748 g/mol. The molecule has 0 amide bonds. The standard InChI is InChI=1S/C48H77NOS2/c1-2-10-30(11-3-1)31-20-24-33(25-21-31)49(34-26-22-32(23-27-34)35-14-8-16-39-36-12-4-6-18-42(36)52-48(35)39)41-17-9-15-37-38-28-29-44-45(47(38)50-46(37)41)40-13-5-7-19-43(40)51-44/h30-48H,1-29H2. The summed E-state index contributed by atoms with van der Waals surface area (Å²) in [5.41, 5.74) is 0. The maximum atomic E-state index is 7.78. The van der Waals surface area contributed by atoms with Crippen LogP contribution in [0.2, 0.25) is 0 Å². The third-order valence-electron chi connectivity index (χ3n) is 19.5. The van der Waals surface area contributed by atoms with Crippen LogP contribution in [-0.2, 0) is 4.74 Å². The average Bonchev–Trinajstić information content (AvgIpc) is 3.90. The zero-order valence-corrected chi connectivity index (χ0v) is 34.8. The first kappa shape index (κ1) is 35.8. The van der Waals surface area contributed by atoms with E-state index in [1.807, 2.05) is 0 Å². The number of ether oxygens (including phenoxy) is 1. The SMILES string of the molecule is C1CCC(C2CCC(N(C3CCC(C4CCCC5C6CCCCC6SC45)CC3)C3CCCC4C5CCC6SC7CCCCC7C6C5OC43)CC2)CC1. The molecular formula is C48H77NOS2. The summed E-state index contributed by atoms with van der Waals surface area (Å²) in [4.78, 5) is 3.36. The second kappa shape index (κ2) is 15.4. The van der Waals surface area contributed by atoms with Gasteiger partial charge in [0.1, 0.15) is 0 Å². The van der Waals surface area contributed by atoms with Crippen LogP contribution in [0.5, 0.6) is 0 Å². The van der Waals surface area contributed by atoms with Crippen molar-refractivity contribution in [3.63, 3.8) is 0 Å². The van der Waals surface area contributed by atoms with Crippen molar-refractivity contribution in [2.75, 3.05) is 0 Å². The van der Waals surface area contributed by atoms with E-state index in [1.165, 1.54) is 116 Å². The summed E-state index contributed by atoms with van der Waals surface area (Å²) < 4.78 is 7.78. The van der Waals surface area contributed by atoms with E-state index in [9.17, 15) is 0 Å². The van der Waals surface area contributed by atoms with E-state index in [2.05, 4.69) is 28.4 Å². The normalized spacial score (nSPS) is 53.7. The van der Waals surface area contributed by atoms with Gasteiger partial charge in [0, 0.05) is 45.0 Å². The van der Waals surface area contributed by atoms with Crippen LogP contribution >= 0.6 is 23.5 Å². The molecule has 292 valence electrons. The van der Waals surface area contributed by atoms with E-state index in [-0.39, 0.29) is 0 Å². The molecule has 0 aromatic rings. The van der Waals surface area contributed by atoms with Gasteiger partial charge in [-0.05, 0) is 169 Å². The predicted molar refractivity (Wildman–Crippen MR) is 221 cm³/mol. The molecule has 8 aliphatic carbocycles. The van der Waals surface area contributed by atoms with Crippen molar-refractivity contribution < 1.29 is 4.74 Å². The van der Waals surface area contributed by atoms with Crippen molar-refractivity contribution in [1.82, 2.24) is 4.90 Å². The van der Waals surface area contributed by atoms with E-state index >= 15 is 0 Å². The Hall–Kier alpha value is 0.620. The van der Waals surface area contributed by atoms with Gasteiger partial charge >= 0.3 is 0 Å². The van der Waals surface area contributed by atoms with Crippen LogP contribution in [-0.4, -0.2) is 56.2 Å². The Morgan fingerprint density at radius 1 is 0.346 bits per heavy atom. The lowest BCUT2D eigenvalue weighted by molar-refractivity contribution is -0.0987. The number of hydrogen-bond donors (Lipinski definition) is 0. The zero-order chi connectivity index (χ0) is 34.2. The molecule has 0 radical (unpaired) electrons. The van der Waals surface area contributed by atoms with Crippen molar-refractivity contribution in [2.45, 2.75) is 238 Å². The fraction of sp³-hybridized carbons (Fsp3) is 1.00. The van der Waals surface area contributed by atoms with E-state index in [4.69, 9.17) is 4.74 Å². The summed E-state index contributed by atoms with van der Waals surface area (Å²) >= 11 is 5.01. The van der Waals surface area contributed by atoms with Gasteiger partial charge in [0.05, 0.1) is 12.2 Å². The van der Waals surface area contributed by atoms with Gasteiger partial charge in [-0.3, -0.25) is 4.90 Å². The van der Waals surface area contributed by atoms with Gasteiger partial charge < -0.3 is 4.74 Å². The van der Waals surface area contributed by atoms with Crippen molar-refractivity contribution in [3.05, 3.63) is 0 Å². The highest BCUT2D eigenvalue weighted by Crippen LogP contribution is 2.62. The van der Waals surface area contributed by atoms with Gasteiger partial charge in [-0.15, -0.1) is 0 Å². The molecule has 0 spiro atoms. The first-order chi connectivity index (χ1) is 25.8. The smallest absolute Gasteiger partial charge is 0.0766 e. The monoisotopic (exact) mass is 748 g/mol. The molecule has 0 N–H and O–H groups in total. The lowest BCUT2D eigenvalue weighted by atomic mass is 9.64. The summed E-state index contributed by atoms with van der Waals surface area (Å²) in [6.07, 6.45) is 45.4. The van der Waals surface area contributed by atoms with Crippen molar-refractivity contribution in [2.24, 2.45) is 59.2 Å². The number of fused-ring (bicyclic) bond motifs is 10. The molecule has 3 saturated heterocycles. The maximum Gasteiger partial charge on any atom is 0.0766 e. The van der Waals surface area contributed by atoms with Gasteiger partial charge in [0.2, 0.25) is 0 Å². The molecule has 11 rings (SSSR count). The van der Waals surface area contributed by atoms with Crippen LogP contribution < -0.4 is 0 Å². The summed E-state index contributed by atoms with van der Waals surface area (Å²) in [7, 11) is 0. The highest BCUT2D eigenvalue weighted by molar-refractivity contribution is 8.01. The molecule has 0 aromatic heterocycles. The molecule has 11 aliphatic rings. The van der Waals surface area contributed by atoms with Crippen LogP contribution in [0, 0.1) is 59.2 Å². The highest BCUT2D eigenvalue weighted by Gasteiger charge is 2.60. The second-order valence-corrected chi connectivity index (χ2v) is 24.4. The summed E-state index contributed by atoms with van der Waals surface area (Å²) in [5, 5.41) is 3.97. The first-order valence-electron chi connectivity index (χ1n) is 24.5. The van der Waals surface area contributed by atoms with Gasteiger partial charge in [0.25, 0.3) is 0 Å². The van der Waals surface area contributed by atoms with Crippen molar-refractivity contribution >= 4 is 23.5 Å². The highest BCUT2D eigenvalue weighted by atomic mass is 32.2. The second-order valence-electron chi connectivity index (χ2n) is 21.5. The molecule has 0 aromatic carbocycles. The van der Waals surface area contributed by atoms with Gasteiger partial charge in [-0.25, -0.2) is 0 Å². The Kier molecular flexibility index (Phi) is 10.6. The summed E-state index contributed by atoms with van der Waals surface area (Å²) in [6.45, 7) is 0. The Morgan fingerprint density at radius 3 is 1.71 bits per heavy atom. The molecule has 8 saturated carbocycles. The lowest BCUT2D eigenvalue weighted by Gasteiger charge is -2.52. The van der Waals surface area contributed by atoms with E-state index in [0.717, 1.165) is 98.3 Å². The first-order valence-corrected chi connectivity index (χ1v) is 26.4. The quantitative estimate of drug-likeness (QED) is 0.277.